The fourth-order valence-electron chi connectivity index (χ4n) is 1.54. The number of nitrogens with zero attached hydrogens (tertiary/aromatic N) is 1. The highest BCUT2D eigenvalue weighted by atomic mass is 32.2. The van der Waals surface area contributed by atoms with E-state index in [1.54, 1.807) is 0 Å². The number of hydrogen-bond acceptors (Lipinski definition) is 3. The van der Waals surface area contributed by atoms with Crippen LogP contribution in [0.4, 0.5) is 0 Å². The van der Waals surface area contributed by atoms with Gasteiger partial charge in [-0.2, -0.15) is 4.31 Å². The van der Waals surface area contributed by atoms with Crippen LogP contribution in [0.3, 0.4) is 0 Å². The number of piperazine rings is 1. The molecule has 2 fully saturated rings. The van der Waals surface area contributed by atoms with E-state index in [0.717, 1.165) is 12.8 Å². The van der Waals surface area contributed by atoms with Crippen molar-refractivity contribution in [1.82, 2.24) is 9.62 Å². The Morgan fingerprint density at radius 3 is 2.71 bits per heavy atom. The molecule has 0 aromatic heterocycles. The number of hydrogen-bond donors (Lipinski definition) is 1. The van der Waals surface area contributed by atoms with Gasteiger partial charge in [0.1, 0.15) is 0 Å². The lowest BCUT2D eigenvalue weighted by Crippen LogP contribution is -2.50. The Balaban J connectivity index is 2.00. The Hall–Kier alpha value is -0.620. The van der Waals surface area contributed by atoms with Gasteiger partial charge in [0, 0.05) is 13.1 Å². The summed E-state index contributed by atoms with van der Waals surface area (Å²) in [4.78, 5) is 11.0. The highest BCUT2D eigenvalue weighted by Gasteiger charge is 2.33. The molecule has 14 heavy (non-hydrogen) atoms. The molecule has 0 bridgehead atoms. The molecule has 2 rings (SSSR count). The first-order valence-electron chi connectivity index (χ1n) is 4.82. The van der Waals surface area contributed by atoms with Crippen molar-refractivity contribution in [2.24, 2.45) is 5.92 Å². The van der Waals surface area contributed by atoms with E-state index in [1.807, 2.05) is 0 Å². The molecule has 0 aromatic carbocycles. The number of nitrogens with one attached hydrogen (secondary N) is 1. The monoisotopic (exact) mass is 218 g/mol. The van der Waals surface area contributed by atoms with Crippen molar-refractivity contribution in [2.45, 2.75) is 12.8 Å². The Bertz CT molecular complexity index is 334. The zero-order valence-electron chi connectivity index (χ0n) is 7.90. The van der Waals surface area contributed by atoms with Crippen LogP contribution >= 0.6 is 0 Å². The van der Waals surface area contributed by atoms with Crippen LogP contribution in [0.25, 0.3) is 0 Å². The van der Waals surface area contributed by atoms with Crippen molar-refractivity contribution in [2.75, 3.05) is 25.4 Å². The molecule has 1 aliphatic heterocycles. The lowest BCUT2D eigenvalue weighted by Gasteiger charge is -2.25. The molecule has 6 heteroatoms. The van der Waals surface area contributed by atoms with E-state index in [0.29, 0.717) is 19.0 Å². The quantitative estimate of drug-likeness (QED) is 0.671. The lowest BCUT2D eigenvalue weighted by atomic mass is 10.4. The molecule has 1 amide bonds. The Labute approximate surface area is 83.5 Å². The SMILES string of the molecule is O=C1CN(S(=O)(=O)CC2CC2)CCN1. The first kappa shape index (κ1) is 9.92. The van der Waals surface area contributed by atoms with Gasteiger partial charge in [-0.05, 0) is 18.8 Å². The van der Waals surface area contributed by atoms with Crippen LogP contribution < -0.4 is 5.32 Å². The molecule has 0 spiro atoms. The van der Waals surface area contributed by atoms with Crippen LogP contribution in [-0.4, -0.2) is 44.0 Å². The molecule has 0 atom stereocenters. The van der Waals surface area contributed by atoms with Gasteiger partial charge in [0.2, 0.25) is 15.9 Å². The second-order valence-corrected chi connectivity index (χ2v) is 5.92. The number of carbonyl (C=O) groups excluding carboxylic acids is 1. The van der Waals surface area contributed by atoms with Gasteiger partial charge in [-0.1, -0.05) is 0 Å². The van der Waals surface area contributed by atoms with E-state index < -0.39 is 10.0 Å². The van der Waals surface area contributed by atoms with Crippen LogP contribution in [-0.2, 0) is 14.8 Å². The largest absolute Gasteiger partial charge is 0.354 e. The van der Waals surface area contributed by atoms with Crippen LogP contribution in [0.1, 0.15) is 12.8 Å². The Kier molecular flexibility index (Phi) is 2.48. The van der Waals surface area contributed by atoms with Crippen molar-refractivity contribution >= 4 is 15.9 Å². The van der Waals surface area contributed by atoms with E-state index in [-0.39, 0.29) is 18.2 Å². The van der Waals surface area contributed by atoms with Gasteiger partial charge in [0.05, 0.1) is 12.3 Å². The number of rotatable bonds is 3. The second-order valence-electron chi connectivity index (χ2n) is 3.91. The average molecular weight is 218 g/mol. The summed E-state index contributed by atoms with van der Waals surface area (Å²) in [6, 6.07) is 0. The minimum Gasteiger partial charge on any atom is -0.354 e. The Morgan fingerprint density at radius 2 is 2.14 bits per heavy atom. The normalized spacial score (nSPS) is 24.7. The molecular formula is C8H14N2O3S. The fourth-order valence-corrected chi connectivity index (χ4v) is 3.36. The standard InChI is InChI=1S/C8H14N2O3S/c11-8-5-10(4-3-9-8)14(12,13)6-7-1-2-7/h7H,1-6H2,(H,9,11). The third-order valence-corrected chi connectivity index (χ3v) is 4.53. The minimum atomic E-state index is -3.18. The summed E-state index contributed by atoms with van der Waals surface area (Å²) in [7, 11) is -3.18. The number of amides is 1. The van der Waals surface area contributed by atoms with E-state index in [9.17, 15) is 13.2 Å². The molecule has 1 saturated heterocycles. The van der Waals surface area contributed by atoms with Crippen molar-refractivity contribution < 1.29 is 13.2 Å². The van der Waals surface area contributed by atoms with E-state index in [2.05, 4.69) is 5.32 Å². The van der Waals surface area contributed by atoms with Crippen LogP contribution in [0, 0.1) is 5.92 Å². The van der Waals surface area contributed by atoms with Gasteiger partial charge in [0.25, 0.3) is 0 Å². The summed E-state index contributed by atoms with van der Waals surface area (Å²) in [5.41, 5.74) is 0. The van der Waals surface area contributed by atoms with E-state index in [1.165, 1.54) is 4.31 Å². The molecule has 1 N–H and O–H groups in total. The summed E-state index contributed by atoms with van der Waals surface area (Å²) in [6.45, 7) is 0.846. The van der Waals surface area contributed by atoms with Gasteiger partial charge in [0.15, 0.2) is 0 Å². The molecular weight excluding hydrogens is 204 g/mol. The van der Waals surface area contributed by atoms with E-state index in [4.69, 9.17) is 0 Å². The Morgan fingerprint density at radius 1 is 1.43 bits per heavy atom. The van der Waals surface area contributed by atoms with Gasteiger partial charge >= 0.3 is 0 Å². The highest BCUT2D eigenvalue weighted by molar-refractivity contribution is 7.89. The molecule has 1 saturated carbocycles. The van der Waals surface area contributed by atoms with Gasteiger partial charge in [-0.15, -0.1) is 0 Å². The van der Waals surface area contributed by atoms with Crippen LogP contribution in [0.5, 0.6) is 0 Å². The molecule has 1 heterocycles. The maximum absolute atomic E-state index is 11.7. The number of sulfonamides is 1. The summed E-state index contributed by atoms with van der Waals surface area (Å²) < 4.78 is 24.8. The average Bonchev–Trinajstić information content (AvgIpc) is 2.87. The van der Waals surface area contributed by atoms with Crippen molar-refractivity contribution in [3.05, 3.63) is 0 Å². The van der Waals surface area contributed by atoms with Crippen molar-refractivity contribution in [1.29, 1.82) is 0 Å². The third-order valence-electron chi connectivity index (χ3n) is 2.54. The first-order valence-corrected chi connectivity index (χ1v) is 6.43. The first-order chi connectivity index (χ1) is 6.58. The summed E-state index contributed by atoms with van der Waals surface area (Å²) in [5.74, 6) is 0.362. The summed E-state index contributed by atoms with van der Waals surface area (Å²) in [6.07, 6.45) is 2.03. The molecule has 1 aliphatic carbocycles. The lowest BCUT2D eigenvalue weighted by molar-refractivity contribution is -0.122. The van der Waals surface area contributed by atoms with Gasteiger partial charge < -0.3 is 5.32 Å². The predicted molar refractivity (Wildman–Crippen MR) is 51.1 cm³/mol. The molecule has 0 unspecified atom stereocenters. The molecule has 5 nitrogen and oxygen atoms in total. The van der Waals surface area contributed by atoms with Gasteiger partial charge in [-0.25, -0.2) is 8.42 Å². The number of carbonyl (C=O) groups is 1. The van der Waals surface area contributed by atoms with Crippen LogP contribution in [0.2, 0.25) is 0 Å². The maximum Gasteiger partial charge on any atom is 0.235 e. The second kappa shape index (κ2) is 3.51. The summed E-state index contributed by atoms with van der Waals surface area (Å²) in [5, 5.41) is 2.61. The van der Waals surface area contributed by atoms with Crippen molar-refractivity contribution in [3.63, 3.8) is 0 Å². The van der Waals surface area contributed by atoms with Crippen LogP contribution in [0.15, 0.2) is 0 Å². The van der Waals surface area contributed by atoms with E-state index >= 15 is 0 Å². The highest BCUT2D eigenvalue weighted by Crippen LogP contribution is 2.31. The maximum atomic E-state index is 11.7. The smallest absolute Gasteiger partial charge is 0.235 e. The fraction of sp³-hybridized carbons (Fsp3) is 0.875. The molecule has 0 radical (unpaired) electrons. The topological polar surface area (TPSA) is 66.5 Å². The molecule has 80 valence electrons. The van der Waals surface area contributed by atoms with Gasteiger partial charge in [-0.3, -0.25) is 4.79 Å². The zero-order valence-corrected chi connectivity index (χ0v) is 8.72. The minimum absolute atomic E-state index is 0.00491. The zero-order chi connectivity index (χ0) is 10.2. The predicted octanol–water partition coefficient (Wildman–Crippen LogP) is -0.842. The van der Waals surface area contributed by atoms with Crippen molar-refractivity contribution in [3.8, 4) is 0 Å². The molecule has 0 aromatic rings. The molecule has 2 aliphatic rings. The third kappa shape index (κ3) is 2.24. The summed E-state index contributed by atoms with van der Waals surface area (Å²) >= 11 is 0.